The number of benzene rings is 1. The average molecular weight is 291 g/mol. The number of nitrogens with zero attached hydrogens (tertiary/aromatic N) is 2. The molecule has 1 aliphatic carbocycles. The molecule has 1 heterocycles. The predicted molar refractivity (Wildman–Crippen MR) is 72.9 cm³/mol. The van der Waals surface area contributed by atoms with Gasteiger partial charge in [0.05, 0.1) is 5.69 Å². The van der Waals surface area contributed by atoms with E-state index in [4.69, 9.17) is 0 Å². The molecule has 1 fully saturated rings. The molecule has 3 heteroatoms. The molecule has 1 aromatic carbocycles. The smallest absolute Gasteiger partial charge is 0.132 e. The fraction of sp³-hybridized carbons (Fsp3) is 0.357. The van der Waals surface area contributed by atoms with Crippen molar-refractivity contribution in [2.24, 2.45) is 7.05 Å². The van der Waals surface area contributed by atoms with E-state index in [1.54, 1.807) is 0 Å². The molecule has 0 saturated heterocycles. The summed E-state index contributed by atoms with van der Waals surface area (Å²) in [6.45, 7) is 0. The van der Waals surface area contributed by atoms with Crippen LogP contribution in [0.1, 0.15) is 31.0 Å². The lowest BCUT2D eigenvalue weighted by atomic mass is 9.85. The van der Waals surface area contributed by atoms with Gasteiger partial charge in [-0.1, -0.05) is 36.8 Å². The monoisotopic (exact) mass is 290 g/mol. The van der Waals surface area contributed by atoms with Crippen LogP contribution in [0.4, 0.5) is 0 Å². The van der Waals surface area contributed by atoms with E-state index in [9.17, 15) is 0 Å². The van der Waals surface area contributed by atoms with Gasteiger partial charge < -0.3 is 4.57 Å². The molecular weight excluding hydrogens is 276 g/mol. The molecule has 0 N–H and O–H groups in total. The van der Waals surface area contributed by atoms with E-state index < -0.39 is 0 Å². The Morgan fingerprint density at radius 2 is 1.94 bits per heavy atom. The Kier molecular flexibility index (Phi) is 2.79. The maximum absolute atomic E-state index is 4.69. The van der Waals surface area contributed by atoms with E-state index in [1.807, 2.05) is 6.07 Å². The first-order chi connectivity index (χ1) is 8.27. The van der Waals surface area contributed by atoms with Crippen molar-refractivity contribution in [3.05, 3.63) is 40.8 Å². The maximum Gasteiger partial charge on any atom is 0.132 e. The molecule has 2 aromatic rings. The number of imidazole rings is 1. The molecule has 1 saturated carbocycles. The Morgan fingerprint density at radius 1 is 1.24 bits per heavy atom. The number of rotatable bonds is 2. The van der Waals surface area contributed by atoms with Crippen LogP contribution >= 0.6 is 15.9 Å². The average Bonchev–Trinajstić information content (AvgIpc) is 2.54. The lowest BCUT2D eigenvalue weighted by Gasteiger charge is -2.24. The molecule has 0 radical (unpaired) electrons. The normalized spacial score (nSPS) is 15.9. The van der Waals surface area contributed by atoms with Crippen molar-refractivity contribution in [3.8, 4) is 11.3 Å². The molecule has 17 heavy (non-hydrogen) atoms. The highest BCUT2D eigenvalue weighted by Gasteiger charge is 2.26. The molecule has 0 amide bonds. The third-order valence-corrected chi connectivity index (χ3v) is 4.16. The van der Waals surface area contributed by atoms with Gasteiger partial charge in [-0.05, 0) is 28.8 Å². The van der Waals surface area contributed by atoms with Gasteiger partial charge in [0, 0.05) is 18.5 Å². The minimum Gasteiger partial charge on any atom is -0.330 e. The van der Waals surface area contributed by atoms with Crippen molar-refractivity contribution in [3.63, 3.8) is 0 Å². The number of hydrogen-bond donors (Lipinski definition) is 0. The second kappa shape index (κ2) is 4.30. The molecule has 2 nitrogen and oxygen atoms in total. The van der Waals surface area contributed by atoms with Crippen LogP contribution < -0.4 is 0 Å². The second-order valence-corrected chi connectivity index (χ2v) is 5.41. The largest absolute Gasteiger partial charge is 0.330 e. The van der Waals surface area contributed by atoms with Crippen LogP contribution in [0.3, 0.4) is 0 Å². The quantitative estimate of drug-likeness (QED) is 0.814. The first kappa shape index (κ1) is 11.0. The Morgan fingerprint density at radius 3 is 2.53 bits per heavy atom. The summed E-state index contributed by atoms with van der Waals surface area (Å²) in [5.41, 5.74) is 2.41. The minimum absolute atomic E-state index is 0.661. The van der Waals surface area contributed by atoms with Crippen LogP contribution in [-0.2, 0) is 7.05 Å². The predicted octanol–water partition coefficient (Wildman–Crippen LogP) is 4.12. The fourth-order valence-electron chi connectivity index (χ4n) is 2.42. The van der Waals surface area contributed by atoms with Gasteiger partial charge in [0.15, 0.2) is 0 Å². The third-order valence-electron chi connectivity index (χ3n) is 3.60. The Labute approximate surface area is 110 Å². The first-order valence-electron chi connectivity index (χ1n) is 6.05. The van der Waals surface area contributed by atoms with E-state index >= 15 is 0 Å². The summed E-state index contributed by atoms with van der Waals surface area (Å²) in [5.74, 6) is 1.88. The highest BCUT2D eigenvalue weighted by atomic mass is 79.9. The molecule has 88 valence electrons. The molecule has 0 aliphatic heterocycles. The lowest BCUT2D eigenvalue weighted by Crippen LogP contribution is -2.14. The van der Waals surface area contributed by atoms with Crippen LogP contribution in [0.2, 0.25) is 0 Å². The minimum atomic E-state index is 0.661. The standard InChI is InChI=1S/C14H15BrN2/c1-17-12(10-6-3-2-4-7-10)13(15)16-14(17)11-8-5-9-11/h2-4,6-7,11H,5,8-9H2,1H3. The topological polar surface area (TPSA) is 17.8 Å². The van der Waals surface area contributed by atoms with Gasteiger partial charge in [0.25, 0.3) is 0 Å². The van der Waals surface area contributed by atoms with Gasteiger partial charge in [-0.2, -0.15) is 0 Å². The zero-order valence-electron chi connectivity index (χ0n) is 9.86. The van der Waals surface area contributed by atoms with Gasteiger partial charge in [-0.15, -0.1) is 0 Å². The molecule has 3 rings (SSSR count). The summed E-state index contributed by atoms with van der Waals surface area (Å²) in [4.78, 5) is 4.69. The molecule has 0 bridgehead atoms. The van der Waals surface area contributed by atoms with Gasteiger partial charge in [-0.3, -0.25) is 0 Å². The Hall–Kier alpha value is -1.09. The van der Waals surface area contributed by atoms with Crippen molar-refractivity contribution in [2.75, 3.05) is 0 Å². The summed E-state index contributed by atoms with van der Waals surface area (Å²) < 4.78 is 3.21. The van der Waals surface area contributed by atoms with Crippen LogP contribution in [0.15, 0.2) is 34.9 Å². The summed E-state index contributed by atoms with van der Waals surface area (Å²) >= 11 is 3.59. The number of hydrogen-bond acceptors (Lipinski definition) is 1. The number of halogens is 1. The highest BCUT2D eigenvalue weighted by Crippen LogP contribution is 2.39. The second-order valence-electron chi connectivity index (χ2n) is 4.66. The molecular formula is C14H15BrN2. The zero-order valence-corrected chi connectivity index (χ0v) is 11.4. The van der Waals surface area contributed by atoms with Crippen molar-refractivity contribution < 1.29 is 0 Å². The summed E-state index contributed by atoms with van der Waals surface area (Å²) in [7, 11) is 2.12. The van der Waals surface area contributed by atoms with Crippen molar-refractivity contribution in [1.82, 2.24) is 9.55 Å². The van der Waals surface area contributed by atoms with Crippen molar-refractivity contribution in [2.45, 2.75) is 25.2 Å². The van der Waals surface area contributed by atoms with Gasteiger partial charge in [-0.25, -0.2) is 4.98 Å². The highest BCUT2D eigenvalue weighted by molar-refractivity contribution is 9.10. The van der Waals surface area contributed by atoms with Gasteiger partial charge >= 0.3 is 0 Å². The molecule has 1 aliphatic rings. The van der Waals surface area contributed by atoms with Crippen LogP contribution in [-0.4, -0.2) is 9.55 Å². The van der Waals surface area contributed by atoms with Crippen molar-refractivity contribution in [1.29, 1.82) is 0 Å². The Balaban J connectivity index is 2.08. The van der Waals surface area contributed by atoms with Gasteiger partial charge in [0.2, 0.25) is 0 Å². The molecule has 0 unspecified atom stereocenters. The maximum atomic E-state index is 4.69. The zero-order chi connectivity index (χ0) is 11.8. The summed E-state index contributed by atoms with van der Waals surface area (Å²) in [6, 6.07) is 10.4. The van der Waals surface area contributed by atoms with Crippen LogP contribution in [0.25, 0.3) is 11.3 Å². The van der Waals surface area contributed by atoms with E-state index in [1.165, 1.54) is 36.3 Å². The fourth-order valence-corrected chi connectivity index (χ4v) is 3.10. The first-order valence-corrected chi connectivity index (χ1v) is 6.84. The van der Waals surface area contributed by atoms with Crippen molar-refractivity contribution >= 4 is 15.9 Å². The van der Waals surface area contributed by atoms with E-state index in [0.717, 1.165) is 4.60 Å². The lowest BCUT2D eigenvalue weighted by molar-refractivity contribution is 0.393. The molecule has 0 atom stereocenters. The molecule has 0 spiro atoms. The number of aromatic nitrogens is 2. The van der Waals surface area contributed by atoms with Crippen LogP contribution in [0, 0.1) is 0 Å². The summed E-state index contributed by atoms with van der Waals surface area (Å²) in [5, 5.41) is 0. The van der Waals surface area contributed by atoms with Crippen LogP contribution in [0.5, 0.6) is 0 Å². The Bertz CT molecular complexity index is 527. The van der Waals surface area contributed by atoms with E-state index in [-0.39, 0.29) is 0 Å². The van der Waals surface area contributed by atoms with E-state index in [0.29, 0.717) is 5.92 Å². The van der Waals surface area contributed by atoms with Gasteiger partial charge in [0.1, 0.15) is 10.4 Å². The van der Waals surface area contributed by atoms with E-state index in [2.05, 4.69) is 56.8 Å². The third kappa shape index (κ3) is 1.82. The SMILES string of the molecule is Cn1c(C2CCC2)nc(Br)c1-c1ccccc1. The summed E-state index contributed by atoms with van der Waals surface area (Å²) in [6.07, 6.45) is 3.91. The molecule has 1 aromatic heterocycles.